The van der Waals surface area contributed by atoms with E-state index >= 15 is 0 Å². The number of hydrogen-bond donors (Lipinski definition) is 1. The topological polar surface area (TPSA) is 74.8 Å². The summed E-state index contributed by atoms with van der Waals surface area (Å²) in [4.78, 5) is 34.3. The van der Waals surface area contributed by atoms with E-state index in [9.17, 15) is 9.59 Å². The van der Waals surface area contributed by atoms with Crippen LogP contribution < -0.4 is 9.62 Å². The highest BCUT2D eigenvalue weighted by atomic mass is 32.2. The maximum Gasteiger partial charge on any atom is 0.409 e. The Kier molecular flexibility index (Phi) is 5.76. The first-order valence-corrected chi connectivity index (χ1v) is 13.3. The van der Waals surface area contributed by atoms with Crippen molar-refractivity contribution < 1.29 is 14.3 Å². The van der Waals surface area contributed by atoms with Crippen LogP contribution in [-0.2, 0) is 21.5 Å². The van der Waals surface area contributed by atoms with Gasteiger partial charge in [0.2, 0.25) is 5.91 Å². The smallest absolute Gasteiger partial charge is 0.409 e. The third-order valence-electron chi connectivity index (χ3n) is 7.30. The zero-order valence-corrected chi connectivity index (χ0v) is 21.4. The van der Waals surface area contributed by atoms with E-state index in [-0.39, 0.29) is 5.91 Å². The van der Waals surface area contributed by atoms with E-state index in [2.05, 4.69) is 41.1 Å². The minimum atomic E-state index is -0.743. The third-order valence-corrected chi connectivity index (χ3v) is 7.74. The number of hydrogen-bond acceptors (Lipinski definition) is 6. The minimum Gasteiger partial charge on any atom is -0.453 e. The predicted molar refractivity (Wildman–Crippen MR) is 148 cm³/mol. The fraction of sp³-hybridized carbons (Fsp3) is 0.207. The molecule has 0 atom stereocenters. The summed E-state index contributed by atoms with van der Waals surface area (Å²) in [7, 11) is 1.36. The number of amides is 2. The number of rotatable bonds is 5. The molecule has 4 aromatic rings. The van der Waals surface area contributed by atoms with Gasteiger partial charge in [0, 0.05) is 47.9 Å². The average Bonchev–Trinajstić information content (AvgIpc) is 3.16. The Balaban J connectivity index is 1.42. The molecule has 0 unspecified atom stereocenters. The van der Waals surface area contributed by atoms with Crippen LogP contribution in [0.15, 0.2) is 79.0 Å². The first kappa shape index (κ1) is 23.4. The van der Waals surface area contributed by atoms with Crippen LogP contribution in [0.1, 0.15) is 11.3 Å². The standard InChI is InChI=1S/C29H26N4O3S/c1-36-28(35)32-17-29(18-32)23-9-5-6-10-25(23)33(27(29)34)16-24-26(19-11-13-21(14-12-19)31-37-2)22-8-4-3-7-20(22)15-30-24/h3-15,31H,16-18H2,1-2H3. The third kappa shape index (κ3) is 3.71. The monoisotopic (exact) mass is 510 g/mol. The van der Waals surface area contributed by atoms with Gasteiger partial charge in [0.15, 0.2) is 0 Å². The number of likely N-dealkylation sites (tertiary alicyclic amines) is 1. The van der Waals surface area contributed by atoms with Gasteiger partial charge in [-0.3, -0.25) is 9.78 Å². The van der Waals surface area contributed by atoms with Gasteiger partial charge in [-0.1, -0.05) is 66.5 Å². The van der Waals surface area contributed by atoms with E-state index in [0.29, 0.717) is 19.6 Å². The Morgan fingerprint density at radius 1 is 1.05 bits per heavy atom. The molecule has 0 radical (unpaired) electrons. The highest BCUT2D eigenvalue weighted by Gasteiger charge is 2.59. The lowest BCUT2D eigenvalue weighted by Crippen LogP contribution is -2.65. The highest BCUT2D eigenvalue weighted by molar-refractivity contribution is 7.99. The maximum atomic E-state index is 14.0. The summed E-state index contributed by atoms with van der Waals surface area (Å²) in [5.74, 6) is -0.00530. The summed E-state index contributed by atoms with van der Waals surface area (Å²) in [6.07, 6.45) is 3.46. The minimum absolute atomic E-state index is 0.00530. The Morgan fingerprint density at radius 2 is 1.78 bits per heavy atom. The molecule has 37 heavy (non-hydrogen) atoms. The van der Waals surface area contributed by atoms with Crippen molar-refractivity contribution >= 4 is 46.1 Å². The number of ether oxygens (including phenoxy) is 1. The van der Waals surface area contributed by atoms with Crippen LogP contribution in [0.5, 0.6) is 0 Å². The normalized spacial score (nSPS) is 15.6. The molecule has 2 aliphatic rings. The zero-order valence-electron chi connectivity index (χ0n) is 20.6. The summed E-state index contributed by atoms with van der Waals surface area (Å²) in [5.41, 5.74) is 5.00. The molecule has 7 nitrogen and oxygen atoms in total. The number of carbonyl (C=O) groups excluding carboxylic acids is 2. The van der Waals surface area contributed by atoms with Crippen molar-refractivity contribution in [1.82, 2.24) is 9.88 Å². The molecule has 1 aromatic heterocycles. The molecule has 0 aliphatic carbocycles. The van der Waals surface area contributed by atoms with Crippen LogP contribution >= 0.6 is 11.9 Å². The second-order valence-electron chi connectivity index (χ2n) is 9.37. The molecule has 1 fully saturated rings. The number of nitrogens with zero attached hydrogens (tertiary/aromatic N) is 3. The van der Waals surface area contributed by atoms with Gasteiger partial charge >= 0.3 is 6.09 Å². The van der Waals surface area contributed by atoms with Crippen molar-refractivity contribution in [2.45, 2.75) is 12.0 Å². The average molecular weight is 511 g/mol. The van der Waals surface area contributed by atoms with E-state index in [0.717, 1.165) is 44.5 Å². The summed E-state index contributed by atoms with van der Waals surface area (Å²) in [5, 5.41) is 2.14. The van der Waals surface area contributed by atoms with E-state index in [1.807, 2.05) is 53.8 Å². The number of methoxy groups -OCH3 is 1. The quantitative estimate of drug-likeness (QED) is 0.360. The SMILES string of the molecule is COC(=O)N1CC2(C1)C(=O)N(Cc1ncc3ccccc3c1-c1ccc(NSC)cc1)c1ccccc12. The molecule has 2 amide bonds. The second-order valence-corrected chi connectivity index (χ2v) is 9.98. The Labute approximate surface area is 219 Å². The van der Waals surface area contributed by atoms with Crippen LogP contribution in [0.4, 0.5) is 16.2 Å². The van der Waals surface area contributed by atoms with E-state index in [1.165, 1.54) is 7.11 Å². The first-order chi connectivity index (χ1) is 18.1. The molecule has 3 aromatic carbocycles. The molecule has 3 heterocycles. The van der Waals surface area contributed by atoms with Gasteiger partial charge in [0.25, 0.3) is 0 Å². The molecular weight excluding hydrogens is 484 g/mol. The van der Waals surface area contributed by atoms with Crippen LogP contribution in [0.2, 0.25) is 0 Å². The molecule has 2 aliphatic heterocycles. The molecule has 1 saturated heterocycles. The van der Waals surface area contributed by atoms with Crippen LogP contribution in [0, 0.1) is 0 Å². The van der Waals surface area contributed by atoms with E-state index < -0.39 is 11.5 Å². The molecule has 0 bridgehead atoms. The Hall–Kier alpha value is -4.04. The Morgan fingerprint density at radius 3 is 2.54 bits per heavy atom. The Bertz CT molecular complexity index is 1520. The molecule has 0 saturated carbocycles. The number of aromatic nitrogens is 1. The van der Waals surface area contributed by atoms with Crippen LogP contribution in [0.3, 0.4) is 0 Å². The number of fused-ring (bicyclic) bond motifs is 3. The van der Waals surface area contributed by atoms with Gasteiger partial charge in [0.1, 0.15) is 5.41 Å². The lowest BCUT2D eigenvalue weighted by Gasteiger charge is -2.45. The van der Waals surface area contributed by atoms with Crippen molar-refractivity contribution in [3.63, 3.8) is 0 Å². The van der Waals surface area contributed by atoms with Crippen molar-refractivity contribution in [1.29, 1.82) is 0 Å². The van der Waals surface area contributed by atoms with E-state index in [1.54, 1.807) is 16.8 Å². The summed E-state index contributed by atoms with van der Waals surface area (Å²) < 4.78 is 8.14. The van der Waals surface area contributed by atoms with Gasteiger partial charge in [-0.15, -0.1) is 0 Å². The lowest BCUT2D eigenvalue weighted by molar-refractivity contribution is -0.128. The largest absolute Gasteiger partial charge is 0.453 e. The molecule has 186 valence electrons. The summed E-state index contributed by atoms with van der Waals surface area (Å²) >= 11 is 1.55. The van der Waals surface area contributed by atoms with Crippen molar-refractivity contribution in [2.24, 2.45) is 0 Å². The number of carbonyl (C=O) groups is 2. The van der Waals surface area contributed by atoms with Gasteiger partial charge < -0.3 is 19.3 Å². The lowest BCUT2D eigenvalue weighted by atomic mass is 9.75. The fourth-order valence-electron chi connectivity index (χ4n) is 5.54. The van der Waals surface area contributed by atoms with Gasteiger partial charge in [-0.05, 0) is 34.7 Å². The van der Waals surface area contributed by atoms with Gasteiger partial charge in [0.05, 0.1) is 19.3 Å². The fourth-order valence-corrected chi connectivity index (χ4v) is 5.91. The van der Waals surface area contributed by atoms with Crippen molar-refractivity contribution in [3.05, 3.63) is 90.3 Å². The van der Waals surface area contributed by atoms with Crippen molar-refractivity contribution in [3.8, 4) is 11.1 Å². The number of benzene rings is 3. The number of anilines is 2. The highest BCUT2D eigenvalue weighted by Crippen LogP contribution is 2.48. The second kappa shape index (κ2) is 9.12. The number of para-hydroxylation sites is 1. The van der Waals surface area contributed by atoms with E-state index in [4.69, 9.17) is 9.72 Å². The van der Waals surface area contributed by atoms with Gasteiger partial charge in [-0.25, -0.2) is 4.79 Å². The summed E-state index contributed by atoms with van der Waals surface area (Å²) in [6, 6.07) is 24.3. The molecule has 1 N–H and O–H groups in total. The van der Waals surface area contributed by atoms with Crippen LogP contribution in [-0.4, -0.2) is 48.3 Å². The number of pyridine rings is 1. The molecule has 6 rings (SSSR count). The van der Waals surface area contributed by atoms with Crippen molar-refractivity contribution in [2.75, 3.05) is 36.1 Å². The molecular formula is C29H26N4O3S. The molecule has 1 spiro atoms. The first-order valence-electron chi connectivity index (χ1n) is 12.1. The number of nitrogens with one attached hydrogen (secondary N) is 1. The summed E-state index contributed by atoms with van der Waals surface area (Å²) in [6.45, 7) is 0.961. The van der Waals surface area contributed by atoms with Gasteiger partial charge in [-0.2, -0.15) is 0 Å². The zero-order chi connectivity index (χ0) is 25.6. The molecule has 8 heteroatoms. The maximum absolute atomic E-state index is 14.0. The van der Waals surface area contributed by atoms with Crippen LogP contribution in [0.25, 0.3) is 21.9 Å². The predicted octanol–water partition coefficient (Wildman–Crippen LogP) is 5.46.